The van der Waals surface area contributed by atoms with Gasteiger partial charge in [-0.05, 0) is 56.3 Å². The number of thiazole rings is 1. The van der Waals surface area contributed by atoms with Crippen LogP contribution in [0.5, 0.6) is 5.75 Å². The molecule has 28 heavy (non-hydrogen) atoms. The summed E-state index contributed by atoms with van der Waals surface area (Å²) in [6, 6.07) is 15.6. The first-order valence-corrected chi connectivity index (χ1v) is 10.9. The number of nitrogens with zero attached hydrogens (tertiary/aromatic N) is 1. The summed E-state index contributed by atoms with van der Waals surface area (Å²) in [5, 5.41) is 4.01. The number of thioether (sulfide) groups is 1. The molecular weight excluding hydrogens is 388 g/mol. The largest absolute Gasteiger partial charge is 0.494 e. The number of anilines is 1. The molecular formula is C22H24N2O2S2. The summed E-state index contributed by atoms with van der Waals surface area (Å²) in [6.45, 7) is 8.89. The maximum atomic E-state index is 12.7. The van der Waals surface area contributed by atoms with Gasteiger partial charge in [0.1, 0.15) is 5.75 Å². The number of carbonyl (C=O) groups excluding carboxylic acids is 1. The van der Waals surface area contributed by atoms with Gasteiger partial charge in [-0.3, -0.25) is 10.1 Å². The maximum absolute atomic E-state index is 12.7. The van der Waals surface area contributed by atoms with E-state index in [9.17, 15) is 4.79 Å². The van der Waals surface area contributed by atoms with Crippen LogP contribution in [0, 0.1) is 6.92 Å². The Bertz CT molecular complexity index is 949. The Morgan fingerprint density at radius 3 is 2.64 bits per heavy atom. The van der Waals surface area contributed by atoms with Crippen molar-refractivity contribution in [2.75, 3.05) is 11.9 Å². The molecule has 0 unspecified atom stereocenters. The predicted molar refractivity (Wildman–Crippen MR) is 119 cm³/mol. The Hall–Kier alpha value is -2.31. The normalized spacial score (nSPS) is 10.9. The van der Waals surface area contributed by atoms with Gasteiger partial charge in [-0.15, -0.1) is 23.1 Å². The Morgan fingerprint density at radius 1 is 1.21 bits per heavy atom. The number of hydrogen-bond acceptors (Lipinski definition) is 5. The van der Waals surface area contributed by atoms with Crippen LogP contribution in [0.1, 0.15) is 36.0 Å². The fraction of sp³-hybridized carbons (Fsp3) is 0.273. The molecule has 0 fully saturated rings. The number of hydrogen-bond donors (Lipinski definition) is 1. The van der Waals surface area contributed by atoms with Gasteiger partial charge in [-0.2, -0.15) is 0 Å². The number of nitrogens with one attached hydrogen (secondary N) is 1. The molecule has 3 rings (SSSR count). The molecule has 0 spiro atoms. The highest BCUT2D eigenvalue weighted by Crippen LogP contribution is 2.32. The topological polar surface area (TPSA) is 51.2 Å². The average Bonchev–Trinajstić information content (AvgIpc) is 3.02. The van der Waals surface area contributed by atoms with Crippen molar-refractivity contribution in [3.05, 3.63) is 59.0 Å². The Morgan fingerprint density at radius 2 is 1.96 bits per heavy atom. The predicted octanol–water partition coefficient (Wildman–Crippen LogP) is 6.27. The molecule has 0 saturated carbocycles. The van der Waals surface area contributed by atoms with Crippen molar-refractivity contribution >= 4 is 34.1 Å². The van der Waals surface area contributed by atoms with Crippen molar-refractivity contribution in [2.45, 2.75) is 37.8 Å². The summed E-state index contributed by atoms with van der Waals surface area (Å²) in [5.74, 6) is 0.699. The molecule has 4 nitrogen and oxygen atoms in total. The van der Waals surface area contributed by atoms with E-state index >= 15 is 0 Å². The van der Waals surface area contributed by atoms with Crippen LogP contribution in [0.4, 0.5) is 5.13 Å². The Kier molecular flexibility index (Phi) is 6.75. The first-order chi connectivity index (χ1) is 13.5. The standard InChI is InChI=1S/C22H24N2O2S2/c1-5-26-18-11-9-16(10-12-18)20-15(4)28-22(23-20)24-21(25)17-7-6-8-19(13-17)27-14(2)3/h6-14H,5H2,1-4H3,(H,23,24,25). The van der Waals surface area contributed by atoms with Crippen LogP contribution in [-0.4, -0.2) is 22.7 Å². The zero-order valence-corrected chi connectivity index (χ0v) is 18.1. The van der Waals surface area contributed by atoms with Crippen molar-refractivity contribution in [1.82, 2.24) is 4.98 Å². The van der Waals surface area contributed by atoms with Gasteiger partial charge in [-0.25, -0.2) is 4.98 Å². The summed E-state index contributed by atoms with van der Waals surface area (Å²) < 4.78 is 5.49. The monoisotopic (exact) mass is 412 g/mol. The van der Waals surface area contributed by atoms with Crippen molar-refractivity contribution in [3.8, 4) is 17.0 Å². The van der Waals surface area contributed by atoms with E-state index in [1.54, 1.807) is 11.8 Å². The third-order valence-corrected chi connectivity index (χ3v) is 5.81. The molecule has 2 aromatic carbocycles. The summed E-state index contributed by atoms with van der Waals surface area (Å²) >= 11 is 3.22. The number of ether oxygens (including phenoxy) is 1. The van der Waals surface area contributed by atoms with E-state index in [-0.39, 0.29) is 5.91 Å². The highest BCUT2D eigenvalue weighted by Gasteiger charge is 2.14. The zero-order valence-electron chi connectivity index (χ0n) is 16.5. The molecule has 1 N–H and O–H groups in total. The Labute approximate surface area is 174 Å². The van der Waals surface area contributed by atoms with E-state index in [1.165, 1.54) is 11.3 Å². The van der Waals surface area contributed by atoms with Crippen molar-refractivity contribution in [2.24, 2.45) is 0 Å². The van der Waals surface area contributed by atoms with Crippen LogP contribution in [0.3, 0.4) is 0 Å². The third kappa shape index (κ3) is 5.14. The van der Waals surface area contributed by atoms with Crippen LogP contribution in [0.2, 0.25) is 0 Å². The van der Waals surface area contributed by atoms with Gasteiger partial charge >= 0.3 is 0 Å². The lowest BCUT2D eigenvalue weighted by Crippen LogP contribution is -2.11. The molecule has 0 aliphatic carbocycles. The van der Waals surface area contributed by atoms with Crippen LogP contribution < -0.4 is 10.1 Å². The molecule has 146 valence electrons. The fourth-order valence-electron chi connectivity index (χ4n) is 2.75. The van der Waals surface area contributed by atoms with Crippen molar-refractivity contribution in [3.63, 3.8) is 0 Å². The highest BCUT2D eigenvalue weighted by atomic mass is 32.2. The summed E-state index contributed by atoms with van der Waals surface area (Å²) in [6.07, 6.45) is 0. The number of benzene rings is 2. The molecule has 1 amide bonds. The number of carbonyl (C=O) groups is 1. The number of aryl methyl sites for hydroxylation is 1. The van der Waals surface area contributed by atoms with Crippen LogP contribution >= 0.6 is 23.1 Å². The van der Waals surface area contributed by atoms with E-state index in [0.717, 1.165) is 26.8 Å². The third-order valence-electron chi connectivity index (χ3n) is 3.92. The van der Waals surface area contributed by atoms with Crippen molar-refractivity contribution in [1.29, 1.82) is 0 Å². The second-order valence-corrected chi connectivity index (χ2v) is 9.38. The van der Waals surface area contributed by atoms with Gasteiger partial charge in [0.2, 0.25) is 0 Å². The average molecular weight is 413 g/mol. The second kappa shape index (κ2) is 9.26. The Balaban J connectivity index is 1.75. The molecule has 0 saturated heterocycles. The zero-order chi connectivity index (χ0) is 20.1. The number of aromatic nitrogens is 1. The van der Waals surface area contributed by atoms with Crippen LogP contribution in [0.15, 0.2) is 53.4 Å². The minimum Gasteiger partial charge on any atom is -0.494 e. The van der Waals surface area contributed by atoms with E-state index in [0.29, 0.717) is 22.6 Å². The van der Waals surface area contributed by atoms with Crippen molar-refractivity contribution < 1.29 is 9.53 Å². The second-order valence-electron chi connectivity index (χ2n) is 6.53. The molecule has 0 aliphatic rings. The minimum atomic E-state index is -0.141. The lowest BCUT2D eigenvalue weighted by Gasteiger charge is -2.07. The van der Waals surface area contributed by atoms with Crippen LogP contribution in [-0.2, 0) is 0 Å². The van der Waals surface area contributed by atoms with Gasteiger partial charge in [0.25, 0.3) is 5.91 Å². The molecule has 1 aromatic heterocycles. The smallest absolute Gasteiger partial charge is 0.257 e. The number of rotatable bonds is 7. The molecule has 0 aliphatic heterocycles. The molecule has 1 heterocycles. The van der Waals surface area contributed by atoms with Gasteiger partial charge in [0, 0.05) is 26.1 Å². The fourth-order valence-corrected chi connectivity index (χ4v) is 4.47. The molecule has 6 heteroatoms. The number of amides is 1. The first kappa shape index (κ1) is 20.4. The minimum absolute atomic E-state index is 0.141. The summed E-state index contributed by atoms with van der Waals surface area (Å²) in [5.41, 5.74) is 2.53. The maximum Gasteiger partial charge on any atom is 0.257 e. The molecule has 0 radical (unpaired) electrons. The highest BCUT2D eigenvalue weighted by molar-refractivity contribution is 7.99. The van der Waals surface area contributed by atoms with E-state index in [2.05, 4.69) is 24.1 Å². The van der Waals surface area contributed by atoms with Gasteiger partial charge in [-0.1, -0.05) is 19.9 Å². The lowest BCUT2D eigenvalue weighted by atomic mass is 10.1. The summed E-state index contributed by atoms with van der Waals surface area (Å²) in [4.78, 5) is 19.4. The van der Waals surface area contributed by atoms with E-state index in [1.807, 2.05) is 62.4 Å². The van der Waals surface area contributed by atoms with E-state index < -0.39 is 0 Å². The molecule has 0 bridgehead atoms. The van der Waals surface area contributed by atoms with Gasteiger partial charge in [0.15, 0.2) is 5.13 Å². The van der Waals surface area contributed by atoms with Gasteiger partial charge < -0.3 is 4.74 Å². The SMILES string of the molecule is CCOc1ccc(-c2nc(NC(=O)c3cccc(SC(C)C)c3)sc2C)cc1. The first-order valence-electron chi connectivity index (χ1n) is 9.25. The quantitative estimate of drug-likeness (QED) is 0.465. The van der Waals surface area contributed by atoms with Gasteiger partial charge in [0.05, 0.1) is 12.3 Å². The molecule has 3 aromatic rings. The summed E-state index contributed by atoms with van der Waals surface area (Å²) in [7, 11) is 0. The lowest BCUT2D eigenvalue weighted by molar-refractivity contribution is 0.102. The van der Waals surface area contributed by atoms with Crippen LogP contribution in [0.25, 0.3) is 11.3 Å². The van der Waals surface area contributed by atoms with E-state index in [4.69, 9.17) is 4.74 Å². The molecule has 0 atom stereocenters.